The molecule has 2 N–H and O–H groups in total. The van der Waals surface area contributed by atoms with E-state index in [1.54, 1.807) is 6.92 Å². The van der Waals surface area contributed by atoms with Crippen molar-refractivity contribution in [2.75, 3.05) is 31.6 Å². The Hall–Kier alpha value is -1.31. The fraction of sp³-hybridized carbons (Fsp3) is 0.800. The van der Waals surface area contributed by atoms with Gasteiger partial charge in [-0.3, -0.25) is 4.79 Å². The highest BCUT2D eigenvalue weighted by atomic mass is 32.2. The van der Waals surface area contributed by atoms with Gasteiger partial charge in [0.15, 0.2) is 0 Å². The highest BCUT2D eigenvalue weighted by molar-refractivity contribution is 7.90. The molecule has 8 heteroatoms. The Morgan fingerprint density at radius 3 is 2.33 bits per heavy atom. The molecular formula is C10H20N2O5S. The summed E-state index contributed by atoms with van der Waals surface area (Å²) in [4.78, 5) is 23.7. The van der Waals surface area contributed by atoms with Crippen molar-refractivity contribution in [3.05, 3.63) is 0 Å². The second-order valence-electron chi connectivity index (χ2n) is 4.14. The molecule has 0 aliphatic carbocycles. The molecule has 0 heterocycles. The molecule has 1 unspecified atom stereocenters. The van der Waals surface area contributed by atoms with Gasteiger partial charge in [0.25, 0.3) is 0 Å². The number of urea groups is 1. The zero-order valence-corrected chi connectivity index (χ0v) is 11.7. The number of nitrogens with one attached hydrogen (secondary N) is 1. The fourth-order valence-corrected chi connectivity index (χ4v) is 1.69. The van der Waals surface area contributed by atoms with E-state index in [1.807, 2.05) is 0 Å². The van der Waals surface area contributed by atoms with E-state index in [1.165, 1.54) is 11.8 Å². The summed E-state index contributed by atoms with van der Waals surface area (Å²) in [5.41, 5.74) is 0. The zero-order chi connectivity index (χ0) is 14.3. The van der Waals surface area contributed by atoms with Crippen LogP contribution < -0.4 is 5.32 Å². The van der Waals surface area contributed by atoms with E-state index in [0.29, 0.717) is 6.54 Å². The van der Waals surface area contributed by atoms with Crippen LogP contribution in [0.3, 0.4) is 0 Å². The van der Waals surface area contributed by atoms with E-state index in [-0.39, 0.29) is 18.8 Å². The first-order chi connectivity index (χ1) is 8.17. The predicted molar refractivity (Wildman–Crippen MR) is 67.2 cm³/mol. The van der Waals surface area contributed by atoms with Gasteiger partial charge in [-0.15, -0.1) is 0 Å². The van der Waals surface area contributed by atoms with Gasteiger partial charge in [0.05, 0.1) is 11.7 Å². The first kappa shape index (κ1) is 16.7. The van der Waals surface area contributed by atoms with E-state index >= 15 is 0 Å². The van der Waals surface area contributed by atoms with Crippen molar-refractivity contribution in [2.45, 2.75) is 13.8 Å². The average molecular weight is 280 g/mol. The van der Waals surface area contributed by atoms with Crippen molar-refractivity contribution in [1.29, 1.82) is 0 Å². The standard InChI is InChI=1S/C10H20N2O5S/c1-4-12(7-8(2)9(13)14)10(15)11-5-6-18(3,16)17/h8H,4-7H2,1-3H3,(H,11,15)(H,13,14). The number of sulfone groups is 1. The van der Waals surface area contributed by atoms with Gasteiger partial charge < -0.3 is 15.3 Å². The van der Waals surface area contributed by atoms with Crippen LogP contribution in [0.15, 0.2) is 0 Å². The molecule has 0 aromatic rings. The predicted octanol–water partition coefficient (Wildman–Crippen LogP) is -0.217. The van der Waals surface area contributed by atoms with Crippen LogP contribution in [0, 0.1) is 5.92 Å². The third-order valence-electron chi connectivity index (χ3n) is 2.33. The molecule has 7 nitrogen and oxygen atoms in total. The van der Waals surface area contributed by atoms with E-state index in [4.69, 9.17) is 5.11 Å². The first-order valence-electron chi connectivity index (χ1n) is 5.60. The maximum absolute atomic E-state index is 11.6. The molecule has 1 atom stereocenters. The number of amides is 2. The van der Waals surface area contributed by atoms with Crippen LogP contribution in [-0.2, 0) is 14.6 Å². The average Bonchev–Trinajstić information content (AvgIpc) is 2.23. The number of rotatable bonds is 7. The van der Waals surface area contributed by atoms with Gasteiger partial charge in [-0.05, 0) is 6.92 Å². The number of carbonyl (C=O) groups excluding carboxylic acids is 1. The Kier molecular flexibility index (Phi) is 6.67. The third kappa shape index (κ3) is 7.10. The molecule has 0 aromatic carbocycles. The van der Waals surface area contributed by atoms with E-state index in [0.717, 1.165) is 6.26 Å². The van der Waals surface area contributed by atoms with Crippen LogP contribution in [0.1, 0.15) is 13.8 Å². The molecule has 0 radical (unpaired) electrons. The van der Waals surface area contributed by atoms with Gasteiger partial charge in [0.1, 0.15) is 9.84 Å². The largest absolute Gasteiger partial charge is 0.481 e. The summed E-state index contributed by atoms with van der Waals surface area (Å²) < 4.78 is 21.8. The topological polar surface area (TPSA) is 104 Å². The SMILES string of the molecule is CCN(CC(C)C(=O)O)C(=O)NCCS(C)(=O)=O. The lowest BCUT2D eigenvalue weighted by Gasteiger charge is -2.23. The van der Waals surface area contributed by atoms with Gasteiger partial charge in [-0.2, -0.15) is 0 Å². The van der Waals surface area contributed by atoms with E-state index in [9.17, 15) is 18.0 Å². The highest BCUT2D eigenvalue weighted by Gasteiger charge is 2.19. The molecule has 2 amide bonds. The van der Waals surface area contributed by atoms with Crippen LogP contribution >= 0.6 is 0 Å². The minimum atomic E-state index is -3.12. The summed E-state index contributed by atoms with van der Waals surface area (Å²) in [6.45, 7) is 3.72. The van der Waals surface area contributed by atoms with Crippen LogP contribution in [0.5, 0.6) is 0 Å². The molecule has 18 heavy (non-hydrogen) atoms. The molecule has 0 bridgehead atoms. The van der Waals surface area contributed by atoms with Crippen molar-refractivity contribution in [3.63, 3.8) is 0 Å². The summed E-state index contributed by atoms with van der Waals surface area (Å²) in [5, 5.41) is 11.2. The molecule has 0 aliphatic heterocycles. The zero-order valence-electron chi connectivity index (χ0n) is 10.8. The summed E-state index contributed by atoms with van der Waals surface area (Å²) in [6.07, 6.45) is 1.09. The second kappa shape index (κ2) is 7.20. The number of carboxylic acids is 1. The van der Waals surface area contributed by atoms with E-state index in [2.05, 4.69) is 5.32 Å². The number of hydrogen-bond donors (Lipinski definition) is 2. The van der Waals surface area contributed by atoms with Gasteiger partial charge >= 0.3 is 12.0 Å². The third-order valence-corrected chi connectivity index (χ3v) is 3.28. The smallest absolute Gasteiger partial charge is 0.317 e. The molecule has 106 valence electrons. The highest BCUT2D eigenvalue weighted by Crippen LogP contribution is 2.00. The van der Waals surface area contributed by atoms with Crippen molar-refractivity contribution in [1.82, 2.24) is 10.2 Å². The van der Waals surface area contributed by atoms with Gasteiger partial charge in [-0.1, -0.05) is 6.92 Å². The van der Waals surface area contributed by atoms with Crippen molar-refractivity contribution in [2.24, 2.45) is 5.92 Å². The molecule has 0 rings (SSSR count). The Labute approximate surface area is 107 Å². The molecule has 0 spiro atoms. The lowest BCUT2D eigenvalue weighted by atomic mass is 10.2. The number of aliphatic carboxylic acids is 1. The van der Waals surface area contributed by atoms with E-state index < -0.39 is 27.8 Å². The number of nitrogens with zero attached hydrogens (tertiary/aromatic N) is 1. The number of carboxylic acid groups (broad SMARTS) is 1. The quantitative estimate of drug-likeness (QED) is 0.671. The Balaban J connectivity index is 4.23. The molecule has 0 aliphatic rings. The number of hydrogen-bond acceptors (Lipinski definition) is 4. The summed E-state index contributed by atoms with van der Waals surface area (Å²) in [6, 6.07) is -0.450. The minimum absolute atomic E-state index is 0.0234. The maximum Gasteiger partial charge on any atom is 0.317 e. The fourth-order valence-electron chi connectivity index (χ4n) is 1.22. The van der Waals surface area contributed by atoms with Crippen LogP contribution in [-0.4, -0.2) is 62.1 Å². The molecule has 0 saturated heterocycles. The monoisotopic (exact) mass is 280 g/mol. The van der Waals surface area contributed by atoms with Gasteiger partial charge in [0, 0.05) is 25.9 Å². The van der Waals surface area contributed by atoms with Crippen LogP contribution in [0.4, 0.5) is 4.79 Å². The summed E-state index contributed by atoms with van der Waals surface area (Å²) in [5.74, 6) is -1.77. The molecule has 0 saturated carbocycles. The lowest BCUT2D eigenvalue weighted by Crippen LogP contribution is -2.44. The van der Waals surface area contributed by atoms with Gasteiger partial charge in [0.2, 0.25) is 0 Å². The van der Waals surface area contributed by atoms with Crippen molar-refractivity contribution in [3.8, 4) is 0 Å². The lowest BCUT2D eigenvalue weighted by molar-refractivity contribution is -0.141. The molecule has 0 fully saturated rings. The Bertz CT molecular complexity index is 393. The summed E-state index contributed by atoms with van der Waals surface area (Å²) in [7, 11) is -3.12. The number of carbonyl (C=O) groups is 2. The summed E-state index contributed by atoms with van der Waals surface area (Å²) >= 11 is 0. The first-order valence-corrected chi connectivity index (χ1v) is 7.66. The second-order valence-corrected chi connectivity index (χ2v) is 6.40. The van der Waals surface area contributed by atoms with Crippen molar-refractivity contribution < 1.29 is 23.1 Å². The van der Waals surface area contributed by atoms with Gasteiger partial charge in [-0.25, -0.2) is 13.2 Å². The van der Waals surface area contributed by atoms with Crippen molar-refractivity contribution >= 4 is 21.8 Å². The Morgan fingerprint density at radius 1 is 1.39 bits per heavy atom. The maximum atomic E-state index is 11.6. The molecular weight excluding hydrogens is 260 g/mol. The normalized spacial score (nSPS) is 12.8. The minimum Gasteiger partial charge on any atom is -0.481 e. The van der Waals surface area contributed by atoms with Crippen LogP contribution in [0.2, 0.25) is 0 Å². The Morgan fingerprint density at radius 2 is 1.94 bits per heavy atom. The van der Waals surface area contributed by atoms with Crippen LogP contribution in [0.25, 0.3) is 0 Å². The molecule has 0 aromatic heterocycles.